The van der Waals surface area contributed by atoms with Gasteiger partial charge in [0.15, 0.2) is 17.3 Å². The molecule has 1 unspecified atom stereocenters. The van der Waals surface area contributed by atoms with Crippen LogP contribution in [0.2, 0.25) is 0 Å². The first-order valence-corrected chi connectivity index (χ1v) is 11.9. The van der Waals surface area contributed by atoms with E-state index >= 15 is 0 Å². The first kappa shape index (κ1) is 25.4. The predicted molar refractivity (Wildman–Crippen MR) is 134 cm³/mol. The number of hydrogen-bond acceptors (Lipinski definition) is 8. The lowest BCUT2D eigenvalue weighted by Gasteiger charge is -2.36. The predicted octanol–water partition coefficient (Wildman–Crippen LogP) is 4.17. The molecule has 1 heterocycles. The van der Waals surface area contributed by atoms with E-state index in [-0.39, 0.29) is 37.1 Å². The molecule has 1 aliphatic carbocycles. The largest absolute Gasteiger partial charge is 0.508 e. The Hall–Kier alpha value is -3.65. The zero-order valence-corrected chi connectivity index (χ0v) is 20.9. The number of Topliss-reactive ketones (excluding diaryl/α,β-unsaturated/α-hetero) is 1. The summed E-state index contributed by atoms with van der Waals surface area (Å²) in [6, 6.07) is 12.3. The van der Waals surface area contributed by atoms with Crippen LogP contribution >= 0.6 is 0 Å². The SMILES string of the molecule is COCCOC(=O)C1C(C)=NC2=C(C(=O)C[C@H](c3ccc(OC)c(OC)c3)C2)[C@@H]1c1ccc(O)cc1. The number of esters is 1. The second-order valence-corrected chi connectivity index (χ2v) is 8.96. The highest BCUT2D eigenvalue weighted by atomic mass is 16.6. The van der Waals surface area contributed by atoms with Crippen LogP contribution in [0.3, 0.4) is 0 Å². The molecule has 2 aliphatic rings. The summed E-state index contributed by atoms with van der Waals surface area (Å²) in [5, 5.41) is 9.82. The number of aromatic hydroxyl groups is 1. The lowest BCUT2D eigenvalue weighted by molar-refractivity contribution is -0.147. The Balaban J connectivity index is 1.73. The maximum atomic E-state index is 13.7. The van der Waals surface area contributed by atoms with Crippen molar-refractivity contribution >= 4 is 17.5 Å². The van der Waals surface area contributed by atoms with E-state index in [9.17, 15) is 14.7 Å². The molecule has 0 bridgehead atoms. The van der Waals surface area contributed by atoms with E-state index in [1.165, 1.54) is 7.11 Å². The molecule has 0 radical (unpaired) electrons. The molecular weight excluding hydrogens is 462 g/mol. The number of carbonyl (C=O) groups excluding carboxylic acids is 2. The van der Waals surface area contributed by atoms with Gasteiger partial charge in [0.2, 0.25) is 0 Å². The number of phenols is 1. The molecule has 0 spiro atoms. The van der Waals surface area contributed by atoms with Crippen molar-refractivity contribution in [3.63, 3.8) is 0 Å². The number of allylic oxidation sites excluding steroid dienone is 2. The summed E-state index contributed by atoms with van der Waals surface area (Å²) in [6.07, 6.45) is 0.830. The Kier molecular flexibility index (Phi) is 7.74. The highest BCUT2D eigenvalue weighted by molar-refractivity contribution is 6.09. The summed E-state index contributed by atoms with van der Waals surface area (Å²) in [7, 11) is 4.70. The fraction of sp³-hybridized carbons (Fsp3) is 0.393. The molecule has 0 amide bonds. The van der Waals surface area contributed by atoms with Gasteiger partial charge in [0.1, 0.15) is 18.3 Å². The number of methoxy groups -OCH3 is 3. The molecule has 2 aromatic carbocycles. The molecule has 8 nitrogen and oxygen atoms in total. The fourth-order valence-corrected chi connectivity index (χ4v) is 5.06. The van der Waals surface area contributed by atoms with Gasteiger partial charge in [-0.1, -0.05) is 18.2 Å². The van der Waals surface area contributed by atoms with Crippen LogP contribution in [-0.2, 0) is 19.1 Å². The molecule has 0 aromatic heterocycles. The minimum atomic E-state index is -0.744. The van der Waals surface area contributed by atoms with Gasteiger partial charge in [0, 0.05) is 36.4 Å². The molecule has 1 N–H and O–H groups in total. The average molecular weight is 494 g/mol. The van der Waals surface area contributed by atoms with E-state index in [0.29, 0.717) is 34.9 Å². The van der Waals surface area contributed by atoms with Gasteiger partial charge in [-0.3, -0.25) is 14.6 Å². The van der Waals surface area contributed by atoms with Gasteiger partial charge >= 0.3 is 5.97 Å². The average Bonchev–Trinajstić information content (AvgIpc) is 2.87. The summed E-state index contributed by atoms with van der Waals surface area (Å²) >= 11 is 0. The van der Waals surface area contributed by atoms with Gasteiger partial charge in [-0.05, 0) is 54.7 Å². The lowest BCUT2D eigenvalue weighted by atomic mass is 9.69. The van der Waals surface area contributed by atoms with E-state index in [2.05, 4.69) is 0 Å². The van der Waals surface area contributed by atoms with Crippen LogP contribution in [0.25, 0.3) is 0 Å². The van der Waals surface area contributed by atoms with Crippen molar-refractivity contribution in [2.75, 3.05) is 34.5 Å². The first-order valence-electron chi connectivity index (χ1n) is 11.9. The monoisotopic (exact) mass is 493 g/mol. The molecule has 4 rings (SSSR count). The number of carbonyl (C=O) groups is 2. The Morgan fingerprint density at radius 3 is 2.33 bits per heavy atom. The normalized spacial score (nSPS) is 21.5. The number of ketones is 1. The molecule has 0 fully saturated rings. The van der Waals surface area contributed by atoms with Crippen LogP contribution in [0.5, 0.6) is 17.2 Å². The van der Waals surface area contributed by atoms with Crippen molar-refractivity contribution in [2.24, 2.45) is 10.9 Å². The summed E-state index contributed by atoms with van der Waals surface area (Å²) < 4.78 is 21.3. The van der Waals surface area contributed by atoms with Crippen LogP contribution in [0.1, 0.15) is 42.7 Å². The summed E-state index contributed by atoms with van der Waals surface area (Å²) in [4.78, 5) is 31.6. The molecule has 2 aromatic rings. The minimum Gasteiger partial charge on any atom is -0.508 e. The minimum absolute atomic E-state index is 0.0555. The quantitative estimate of drug-likeness (QED) is 0.435. The van der Waals surface area contributed by atoms with Crippen LogP contribution in [0.4, 0.5) is 0 Å². The number of phenolic OH excluding ortho intramolecular Hbond substituents is 1. The summed E-state index contributed by atoms with van der Waals surface area (Å²) in [6.45, 7) is 2.19. The maximum Gasteiger partial charge on any atom is 0.315 e. The smallest absolute Gasteiger partial charge is 0.315 e. The van der Waals surface area contributed by atoms with E-state index in [0.717, 1.165) is 11.1 Å². The van der Waals surface area contributed by atoms with Crippen molar-refractivity contribution in [3.05, 3.63) is 64.9 Å². The van der Waals surface area contributed by atoms with Gasteiger partial charge in [-0.15, -0.1) is 0 Å². The number of hydrogen-bond donors (Lipinski definition) is 1. The Morgan fingerprint density at radius 1 is 0.972 bits per heavy atom. The summed E-state index contributed by atoms with van der Waals surface area (Å²) in [5.41, 5.74) is 3.53. The third-order valence-corrected chi connectivity index (χ3v) is 6.81. The summed E-state index contributed by atoms with van der Waals surface area (Å²) in [5.74, 6) is -0.551. The van der Waals surface area contributed by atoms with Gasteiger partial charge in [-0.2, -0.15) is 0 Å². The standard InChI is InChI=1S/C28H31NO7/c1-16-25(28(32)36-12-11-33-2)26(17-5-8-20(30)9-6-17)27-21(29-16)13-19(14-22(27)31)18-7-10-23(34-3)24(15-18)35-4/h5-10,15,19,25-26,30H,11-14H2,1-4H3/t19-,25?,26-/m1/s1. The Labute approximate surface area is 210 Å². The third kappa shape index (κ3) is 4.99. The molecule has 190 valence electrons. The van der Waals surface area contributed by atoms with E-state index in [4.69, 9.17) is 23.9 Å². The highest BCUT2D eigenvalue weighted by Gasteiger charge is 2.44. The third-order valence-electron chi connectivity index (χ3n) is 6.81. The van der Waals surface area contributed by atoms with Crippen molar-refractivity contribution in [3.8, 4) is 17.2 Å². The Bertz CT molecular complexity index is 1200. The molecule has 3 atom stereocenters. The van der Waals surface area contributed by atoms with Crippen LogP contribution in [0, 0.1) is 5.92 Å². The second-order valence-electron chi connectivity index (χ2n) is 8.96. The number of rotatable bonds is 8. The van der Waals surface area contributed by atoms with E-state index in [1.54, 1.807) is 45.4 Å². The number of nitrogens with zero attached hydrogens (tertiary/aromatic N) is 1. The van der Waals surface area contributed by atoms with Crippen LogP contribution in [0.15, 0.2) is 58.7 Å². The molecular formula is C28H31NO7. The Morgan fingerprint density at radius 2 is 1.67 bits per heavy atom. The van der Waals surface area contributed by atoms with Gasteiger partial charge in [0.05, 0.1) is 20.8 Å². The number of benzene rings is 2. The molecule has 0 saturated heterocycles. The second kappa shape index (κ2) is 11.0. The molecule has 36 heavy (non-hydrogen) atoms. The first-order chi connectivity index (χ1) is 17.4. The fourth-order valence-electron chi connectivity index (χ4n) is 5.06. The molecule has 8 heteroatoms. The zero-order chi connectivity index (χ0) is 25.8. The topological polar surface area (TPSA) is 104 Å². The van der Waals surface area contributed by atoms with Crippen LogP contribution in [-0.4, -0.2) is 57.1 Å². The molecule has 0 saturated carbocycles. The number of aliphatic imine (C=N–C) groups is 1. The van der Waals surface area contributed by atoms with E-state index in [1.807, 2.05) is 18.2 Å². The van der Waals surface area contributed by atoms with Crippen molar-refractivity contribution in [1.82, 2.24) is 0 Å². The van der Waals surface area contributed by atoms with Gasteiger partial charge in [-0.25, -0.2) is 0 Å². The van der Waals surface area contributed by atoms with Gasteiger partial charge < -0.3 is 24.1 Å². The number of ether oxygens (including phenoxy) is 4. The van der Waals surface area contributed by atoms with Gasteiger partial charge in [0.25, 0.3) is 0 Å². The highest BCUT2D eigenvalue weighted by Crippen LogP contribution is 2.47. The van der Waals surface area contributed by atoms with E-state index < -0.39 is 17.8 Å². The zero-order valence-electron chi connectivity index (χ0n) is 20.9. The molecule has 1 aliphatic heterocycles. The maximum absolute atomic E-state index is 13.7. The van der Waals surface area contributed by atoms with Crippen LogP contribution < -0.4 is 9.47 Å². The van der Waals surface area contributed by atoms with Crippen molar-refractivity contribution in [1.29, 1.82) is 0 Å². The van der Waals surface area contributed by atoms with Crippen molar-refractivity contribution in [2.45, 2.75) is 31.6 Å². The van der Waals surface area contributed by atoms with Crippen molar-refractivity contribution < 1.29 is 33.6 Å². The lowest BCUT2D eigenvalue weighted by Crippen LogP contribution is -2.38.